The van der Waals surface area contributed by atoms with E-state index < -0.39 is 12.0 Å². The van der Waals surface area contributed by atoms with Gasteiger partial charge in [-0.25, -0.2) is 0 Å². The highest BCUT2D eigenvalue weighted by Crippen LogP contribution is 2.33. The number of carboxylic acids is 1. The van der Waals surface area contributed by atoms with Crippen LogP contribution in [0.5, 0.6) is 11.5 Å². The average Bonchev–Trinajstić information content (AvgIpc) is 2.31. The highest BCUT2D eigenvalue weighted by molar-refractivity contribution is 5.73. The number of hydrogen-bond acceptors (Lipinski definition) is 4. The van der Waals surface area contributed by atoms with Crippen molar-refractivity contribution in [2.75, 3.05) is 14.2 Å². The summed E-state index contributed by atoms with van der Waals surface area (Å²) in [5.74, 6) is 0.222. The summed E-state index contributed by atoms with van der Waals surface area (Å²) < 4.78 is 10.4. The Labute approximate surface area is 100 Å². The fraction of sp³-hybridized carbons (Fsp3) is 0.417. The van der Waals surface area contributed by atoms with Crippen molar-refractivity contribution in [3.63, 3.8) is 0 Å². The molecule has 5 nitrogen and oxygen atoms in total. The Morgan fingerprint density at radius 3 is 2.53 bits per heavy atom. The number of rotatable bonds is 5. The van der Waals surface area contributed by atoms with Crippen LogP contribution in [0.15, 0.2) is 12.1 Å². The van der Waals surface area contributed by atoms with E-state index in [1.165, 1.54) is 0 Å². The number of ether oxygens (including phenoxy) is 2. The normalized spacial score (nSPS) is 12.0. The van der Waals surface area contributed by atoms with Crippen molar-refractivity contribution in [1.29, 1.82) is 0 Å². The van der Waals surface area contributed by atoms with E-state index in [4.69, 9.17) is 20.3 Å². The van der Waals surface area contributed by atoms with Crippen molar-refractivity contribution in [3.8, 4) is 11.5 Å². The van der Waals surface area contributed by atoms with E-state index in [-0.39, 0.29) is 6.42 Å². The molecule has 0 aliphatic heterocycles. The number of benzene rings is 1. The zero-order chi connectivity index (χ0) is 13.0. The Bertz CT molecular complexity index is 417. The summed E-state index contributed by atoms with van der Waals surface area (Å²) in [4.78, 5) is 10.7. The molecule has 0 aliphatic carbocycles. The van der Waals surface area contributed by atoms with Crippen molar-refractivity contribution in [2.45, 2.75) is 19.4 Å². The molecule has 0 bridgehead atoms. The molecule has 0 spiro atoms. The lowest BCUT2D eigenvalue weighted by molar-refractivity contribution is -0.138. The van der Waals surface area contributed by atoms with Gasteiger partial charge in [0.2, 0.25) is 0 Å². The highest BCUT2D eigenvalue weighted by atomic mass is 16.5. The maximum Gasteiger partial charge on any atom is 0.320 e. The number of aliphatic carboxylic acids is 1. The van der Waals surface area contributed by atoms with Crippen molar-refractivity contribution in [3.05, 3.63) is 23.3 Å². The van der Waals surface area contributed by atoms with Gasteiger partial charge in [0.15, 0.2) is 11.5 Å². The molecule has 94 valence electrons. The second-order valence-electron chi connectivity index (χ2n) is 3.73. The second kappa shape index (κ2) is 5.54. The van der Waals surface area contributed by atoms with Gasteiger partial charge in [-0.1, -0.05) is 6.07 Å². The quantitative estimate of drug-likeness (QED) is 0.800. The zero-order valence-corrected chi connectivity index (χ0v) is 10.2. The van der Waals surface area contributed by atoms with Gasteiger partial charge in [-0.3, -0.25) is 4.79 Å². The Morgan fingerprint density at radius 2 is 2.06 bits per heavy atom. The molecule has 0 heterocycles. The topological polar surface area (TPSA) is 81.8 Å². The van der Waals surface area contributed by atoms with Gasteiger partial charge in [0.1, 0.15) is 6.04 Å². The molecule has 0 aliphatic rings. The predicted molar refractivity (Wildman–Crippen MR) is 63.6 cm³/mol. The SMILES string of the molecule is COc1ccc(C[C@H](N)C(=O)O)c(C)c1OC. The second-order valence-corrected chi connectivity index (χ2v) is 3.73. The van der Waals surface area contributed by atoms with Crippen LogP contribution in [-0.4, -0.2) is 31.3 Å². The van der Waals surface area contributed by atoms with E-state index in [9.17, 15) is 4.79 Å². The Balaban J connectivity index is 3.06. The molecule has 0 radical (unpaired) electrons. The van der Waals surface area contributed by atoms with Crippen LogP contribution < -0.4 is 15.2 Å². The van der Waals surface area contributed by atoms with Crippen LogP contribution in [0.4, 0.5) is 0 Å². The van der Waals surface area contributed by atoms with Gasteiger partial charge < -0.3 is 20.3 Å². The molecule has 1 aromatic rings. The lowest BCUT2D eigenvalue weighted by atomic mass is 10.0. The standard InChI is InChI=1S/C12H17NO4/c1-7-8(6-9(13)12(14)15)4-5-10(16-2)11(7)17-3/h4-5,9H,6,13H2,1-3H3,(H,14,15)/t9-/m0/s1. The van der Waals surface area contributed by atoms with Gasteiger partial charge in [-0.15, -0.1) is 0 Å². The summed E-state index contributed by atoms with van der Waals surface area (Å²) in [6.45, 7) is 1.85. The van der Waals surface area contributed by atoms with Crippen LogP contribution >= 0.6 is 0 Å². The number of nitrogens with two attached hydrogens (primary N) is 1. The molecule has 0 unspecified atom stereocenters. The number of methoxy groups -OCH3 is 2. The smallest absolute Gasteiger partial charge is 0.320 e. The molecule has 5 heteroatoms. The number of carboxylic acid groups (broad SMARTS) is 1. The Hall–Kier alpha value is -1.75. The summed E-state index contributed by atoms with van der Waals surface area (Å²) in [5, 5.41) is 8.78. The van der Waals surface area contributed by atoms with E-state index in [0.717, 1.165) is 11.1 Å². The maximum atomic E-state index is 10.7. The molecule has 3 N–H and O–H groups in total. The number of hydrogen-bond donors (Lipinski definition) is 2. The first-order valence-corrected chi connectivity index (χ1v) is 5.20. The molecule has 0 saturated carbocycles. The Kier molecular flexibility index (Phi) is 4.34. The summed E-state index contributed by atoms with van der Waals surface area (Å²) in [7, 11) is 3.10. The third kappa shape index (κ3) is 2.88. The summed E-state index contributed by atoms with van der Waals surface area (Å²) >= 11 is 0. The molecule has 1 atom stereocenters. The fourth-order valence-electron chi connectivity index (χ4n) is 1.67. The molecule has 0 fully saturated rings. The molecule has 17 heavy (non-hydrogen) atoms. The third-order valence-corrected chi connectivity index (χ3v) is 2.66. The molecular formula is C12H17NO4. The van der Waals surface area contributed by atoms with Crippen molar-refractivity contribution < 1.29 is 19.4 Å². The summed E-state index contributed by atoms with van der Waals surface area (Å²) in [6.07, 6.45) is 0.265. The average molecular weight is 239 g/mol. The van der Waals surface area contributed by atoms with E-state index in [1.54, 1.807) is 26.4 Å². The van der Waals surface area contributed by atoms with Crippen molar-refractivity contribution in [1.82, 2.24) is 0 Å². The zero-order valence-electron chi connectivity index (χ0n) is 10.2. The summed E-state index contributed by atoms with van der Waals surface area (Å²) in [6, 6.07) is 2.64. The van der Waals surface area contributed by atoms with Crippen LogP contribution in [0, 0.1) is 6.92 Å². The van der Waals surface area contributed by atoms with Gasteiger partial charge >= 0.3 is 5.97 Å². The summed E-state index contributed by atoms with van der Waals surface area (Å²) in [5.41, 5.74) is 7.20. The van der Waals surface area contributed by atoms with Gasteiger partial charge in [-0.2, -0.15) is 0 Å². The number of carbonyl (C=O) groups is 1. The lowest BCUT2D eigenvalue weighted by Crippen LogP contribution is -2.32. The minimum atomic E-state index is -1.01. The minimum absolute atomic E-state index is 0.265. The third-order valence-electron chi connectivity index (χ3n) is 2.66. The molecule has 1 aromatic carbocycles. The van der Waals surface area contributed by atoms with Crippen LogP contribution in [0.3, 0.4) is 0 Å². The molecule has 0 aromatic heterocycles. The first-order chi connectivity index (χ1) is 8.01. The van der Waals surface area contributed by atoms with Gasteiger partial charge in [0, 0.05) is 0 Å². The maximum absolute atomic E-state index is 10.7. The largest absolute Gasteiger partial charge is 0.493 e. The monoisotopic (exact) mass is 239 g/mol. The van der Waals surface area contributed by atoms with Gasteiger partial charge in [0.25, 0.3) is 0 Å². The van der Waals surface area contributed by atoms with Crippen molar-refractivity contribution in [2.24, 2.45) is 5.73 Å². The van der Waals surface area contributed by atoms with Gasteiger partial charge in [0.05, 0.1) is 14.2 Å². The first kappa shape index (κ1) is 13.3. The minimum Gasteiger partial charge on any atom is -0.493 e. The molecule has 0 amide bonds. The first-order valence-electron chi connectivity index (χ1n) is 5.20. The van der Waals surface area contributed by atoms with Gasteiger partial charge in [-0.05, 0) is 30.5 Å². The van der Waals surface area contributed by atoms with Crippen LogP contribution in [0.2, 0.25) is 0 Å². The van der Waals surface area contributed by atoms with E-state index >= 15 is 0 Å². The van der Waals surface area contributed by atoms with Crippen LogP contribution in [0.25, 0.3) is 0 Å². The van der Waals surface area contributed by atoms with Crippen LogP contribution in [-0.2, 0) is 11.2 Å². The Morgan fingerprint density at radius 1 is 1.41 bits per heavy atom. The molecular weight excluding hydrogens is 222 g/mol. The van der Waals surface area contributed by atoms with Crippen LogP contribution in [0.1, 0.15) is 11.1 Å². The van der Waals surface area contributed by atoms with E-state index in [0.29, 0.717) is 11.5 Å². The van der Waals surface area contributed by atoms with Crippen molar-refractivity contribution >= 4 is 5.97 Å². The molecule has 1 rings (SSSR count). The molecule has 0 saturated heterocycles. The fourth-order valence-corrected chi connectivity index (χ4v) is 1.67. The lowest BCUT2D eigenvalue weighted by Gasteiger charge is -2.15. The van der Waals surface area contributed by atoms with E-state index in [2.05, 4.69) is 0 Å². The van der Waals surface area contributed by atoms with E-state index in [1.807, 2.05) is 6.92 Å². The highest BCUT2D eigenvalue weighted by Gasteiger charge is 2.17. The predicted octanol–water partition coefficient (Wildman–Crippen LogP) is 0.967.